The Labute approximate surface area is 125 Å². The molecule has 0 radical (unpaired) electrons. The fourth-order valence-corrected chi connectivity index (χ4v) is 2.20. The summed E-state index contributed by atoms with van der Waals surface area (Å²) < 4.78 is 10.7. The van der Waals surface area contributed by atoms with E-state index in [1.807, 2.05) is 24.3 Å². The minimum absolute atomic E-state index is 0.371. The minimum atomic E-state index is 0.371. The number of aromatic nitrogens is 2. The van der Waals surface area contributed by atoms with E-state index in [1.165, 1.54) is 0 Å². The van der Waals surface area contributed by atoms with Crippen LogP contribution in [0.5, 0.6) is 5.75 Å². The molecule has 0 spiro atoms. The second-order valence-corrected chi connectivity index (χ2v) is 4.98. The number of para-hydroxylation sites is 1. The molecule has 0 aliphatic heterocycles. The summed E-state index contributed by atoms with van der Waals surface area (Å²) in [7, 11) is 1.64. The molecular formula is C16H23N3O2. The van der Waals surface area contributed by atoms with Gasteiger partial charge in [-0.3, -0.25) is 0 Å². The number of nitrogens with zero attached hydrogens (tertiary/aromatic N) is 2. The summed E-state index contributed by atoms with van der Waals surface area (Å²) in [5.74, 6) is 1.99. The van der Waals surface area contributed by atoms with Crippen molar-refractivity contribution in [2.75, 3.05) is 13.7 Å². The SMILES string of the molecule is CCCNC(CC)Cc1nc(-c2ccccc2OC)no1. The molecule has 0 aliphatic rings. The van der Waals surface area contributed by atoms with Gasteiger partial charge in [0, 0.05) is 12.5 Å². The van der Waals surface area contributed by atoms with Crippen molar-refractivity contribution in [2.45, 2.75) is 39.2 Å². The van der Waals surface area contributed by atoms with Crippen LogP contribution in [0.2, 0.25) is 0 Å². The molecule has 2 aromatic rings. The van der Waals surface area contributed by atoms with E-state index in [0.717, 1.165) is 37.1 Å². The predicted octanol–water partition coefficient (Wildman–Crippen LogP) is 3.07. The lowest BCUT2D eigenvalue weighted by Gasteiger charge is -2.13. The van der Waals surface area contributed by atoms with E-state index in [2.05, 4.69) is 29.3 Å². The van der Waals surface area contributed by atoms with Crippen LogP contribution in [0.25, 0.3) is 11.4 Å². The Morgan fingerprint density at radius 1 is 1.29 bits per heavy atom. The fourth-order valence-electron chi connectivity index (χ4n) is 2.20. The van der Waals surface area contributed by atoms with Crippen molar-refractivity contribution >= 4 is 0 Å². The molecule has 5 heteroatoms. The highest BCUT2D eigenvalue weighted by Crippen LogP contribution is 2.27. The Kier molecular flexibility index (Phi) is 5.75. The lowest BCUT2D eigenvalue weighted by Crippen LogP contribution is -2.31. The molecule has 0 amide bonds. The molecule has 1 N–H and O–H groups in total. The van der Waals surface area contributed by atoms with E-state index in [0.29, 0.717) is 17.8 Å². The van der Waals surface area contributed by atoms with E-state index in [-0.39, 0.29) is 0 Å². The monoisotopic (exact) mass is 289 g/mol. The highest BCUT2D eigenvalue weighted by molar-refractivity contribution is 5.63. The molecule has 5 nitrogen and oxygen atoms in total. The van der Waals surface area contributed by atoms with Crippen molar-refractivity contribution in [3.05, 3.63) is 30.2 Å². The summed E-state index contributed by atoms with van der Waals surface area (Å²) in [5.41, 5.74) is 0.851. The maximum absolute atomic E-state index is 5.37. The Bertz CT molecular complexity index is 554. The fraction of sp³-hybridized carbons (Fsp3) is 0.500. The van der Waals surface area contributed by atoms with Gasteiger partial charge in [-0.1, -0.05) is 31.1 Å². The molecule has 0 aliphatic carbocycles. The summed E-state index contributed by atoms with van der Waals surface area (Å²) in [6.07, 6.45) is 2.90. The molecule has 21 heavy (non-hydrogen) atoms. The Morgan fingerprint density at radius 2 is 2.10 bits per heavy atom. The lowest BCUT2D eigenvalue weighted by molar-refractivity contribution is 0.354. The van der Waals surface area contributed by atoms with Crippen LogP contribution in [0, 0.1) is 0 Å². The van der Waals surface area contributed by atoms with Gasteiger partial charge in [0.1, 0.15) is 5.75 Å². The third-order valence-electron chi connectivity index (χ3n) is 3.41. The number of rotatable bonds is 8. The van der Waals surface area contributed by atoms with Gasteiger partial charge in [-0.2, -0.15) is 4.98 Å². The van der Waals surface area contributed by atoms with Crippen molar-refractivity contribution in [3.63, 3.8) is 0 Å². The first-order chi connectivity index (χ1) is 10.3. The summed E-state index contributed by atoms with van der Waals surface area (Å²) in [5, 5.41) is 7.56. The number of hydrogen-bond acceptors (Lipinski definition) is 5. The quantitative estimate of drug-likeness (QED) is 0.809. The smallest absolute Gasteiger partial charge is 0.228 e. The van der Waals surface area contributed by atoms with Crippen LogP contribution in [0.3, 0.4) is 0 Å². The topological polar surface area (TPSA) is 60.2 Å². The number of nitrogens with one attached hydrogen (secondary N) is 1. The first kappa shape index (κ1) is 15.5. The predicted molar refractivity (Wildman–Crippen MR) is 82.4 cm³/mol. The van der Waals surface area contributed by atoms with E-state index in [1.54, 1.807) is 7.11 Å². The minimum Gasteiger partial charge on any atom is -0.496 e. The van der Waals surface area contributed by atoms with Gasteiger partial charge in [0.05, 0.1) is 12.7 Å². The van der Waals surface area contributed by atoms with Gasteiger partial charge >= 0.3 is 0 Å². The van der Waals surface area contributed by atoms with Crippen molar-refractivity contribution in [3.8, 4) is 17.1 Å². The van der Waals surface area contributed by atoms with E-state index in [4.69, 9.17) is 9.26 Å². The summed E-state index contributed by atoms with van der Waals surface area (Å²) in [6.45, 7) is 5.32. The van der Waals surface area contributed by atoms with Crippen LogP contribution in [-0.4, -0.2) is 29.8 Å². The molecule has 1 aromatic carbocycles. The summed E-state index contributed by atoms with van der Waals surface area (Å²) in [4.78, 5) is 4.49. The highest BCUT2D eigenvalue weighted by Gasteiger charge is 2.15. The molecular weight excluding hydrogens is 266 g/mol. The van der Waals surface area contributed by atoms with Crippen LogP contribution in [0.4, 0.5) is 0 Å². The van der Waals surface area contributed by atoms with Gasteiger partial charge in [0.25, 0.3) is 0 Å². The van der Waals surface area contributed by atoms with Crippen molar-refractivity contribution in [1.82, 2.24) is 15.5 Å². The first-order valence-corrected chi connectivity index (χ1v) is 7.47. The summed E-state index contributed by atoms with van der Waals surface area (Å²) >= 11 is 0. The largest absolute Gasteiger partial charge is 0.496 e. The van der Waals surface area contributed by atoms with E-state index in [9.17, 15) is 0 Å². The summed E-state index contributed by atoms with van der Waals surface area (Å²) in [6, 6.07) is 8.05. The lowest BCUT2D eigenvalue weighted by atomic mass is 10.1. The Morgan fingerprint density at radius 3 is 2.81 bits per heavy atom. The van der Waals surface area contributed by atoms with Crippen LogP contribution in [-0.2, 0) is 6.42 Å². The van der Waals surface area contributed by atoms with Crippen molar-refractivity contribution in [1.29, 1.82) is 0 Å². The molecule has 0 saturated heterocycles. The van der Waals surface area contributed by atoms with Gasteiger partial charge in [-0.05, 0) is 31.5 Å². The molecule has 1 heterocycles. The normalized spacial score (nSPS) is 12.3. The third kappa shape index (κ3) is 4.04. The second kappa shape index (κ2) is 7.78. The van der Waals surface area contributed by atoms with Crippen LogP contribution < -0.4 is 10.1 Å². The van der Waals surface area contributed by atoms with Crippen LogP contribution in [0.1, 0.15) is 32.6 Å². The number of hydrogen-bond donors (Lipinski definition) is 1. The van der Waals surface area contributed by atoms with E-state index >= 15 is 0 Å². The standard InChI is InChI=1S/C16H23N3O2/c1-4-10-17-12(5-2)11-15-18-16(19-21-15)13-8-6-7-9-14(13)20-3/h6-9,12,17H,4-5,10-11H2,1-3H3. The van der Waals surface area contributed by atoms with Crippen molar-refractivity contribution < 1.29 is 9.26 Å². The molecule has 1 atom stereocenters. The van der Waals surface area contributed by atoms with Gasteiger partial charge in [0.15, 0.2) is 0 Å². The maximum atomic E-state index is 5.37. The molecule has 114 valence electrons. The Hall–Kier alpha value is -1.88. The zero-order valence-corrected chi connectivity index (χ0v) is 12.9. The van der Waals surface area contributed by atoms with Gasteiger partial charge < -0.3 is 14.6 Å². The molecule has 0 saturated carbocycles. The maximum Gasteiger partial charge on any atom is 0.228 e. The van der Waals surface area contributed by atoms with Crippen LogP contribution >= 0.6 is 0 Å². The average Bonchev–Trinajstić information content (AvgIpc) is 2.99. The second-order valence-electron chi connectivity index (χ2n) is 4.98. The molecule has 0 bridgehead atoms. The van der Waals surface area contributed by atoms with Crippen molar-refractivity contribution in [2.24, 2.45) is 0 Å². The third-order valence-corrected chi connectivity index (χ3v) is 3.41. The molecule has 0 fully saturated rings. The van der Waals surface area contributed by atoms with E-state index < -0.39 is 0 Å². The van der Waals surface area contributed by atoms with Gasteiger partial charge in [-0.25, -0.2) is 0 Å². The van der Waals surface area contributed by atoms with Gasteiger partial charge in [-0.15, -0.1) is 0 Å². The zero-order valence-electron chi connectivity index (χ0n) is 12.9. The molecule has 1 unspecified atom stereocenters. The molecule has 1 aromatic heterocycles. The first-order valence-electron chi connectivity index (χ1n) is 7.47. The number of benzene rings is 1. The zero-order chi connectivity index (χ0) is 15.1. The number of ether oxygens (including phenoxy) is 1. The Balaban J connectivity index is 2.10. The van der Waals surface area contributed by atoms with Crippen LogP contribution in [0.15, 0.2) is 28.8 Å². The van der Waals surface area contributed by atoms with Gasteiger partial charge in [0.2, 0.25) is 11.7 Å². The highest BCUT2D eigenvalue weighted by atomic mass is 16.5. The number of methoxy groups -OCH3 is 1. The average molecular weight is 289 g/mol. The molecule has 2 rings (SSSR count).